The van der Waals surface area contributed by atoms with Gasteiger partial charge in [0, 0.05) is 29.2 Å². The monoisotopic (exact) mass is 268 g/mol. The van der Waals surface area contributed by atoms with Crippen molar-refractivity contribution in [3.05, 3.63) is 21.9 Å². The molecule has 0 fully saturated rings. The molecule has 0 aliphatic heterocycles. The number of nitrogens with one attached hydrogen (secondary N) is 1. The van der Waals surface area contributed by atoms with Crippen LogP contribution in [0.1, 0.15) is 30.4 Å². The molecule has 2 rings (SSSR count). The Bertz CT molecular complexity index is 475. The lowest BCUT2D eigenvalue weighted by Crippen LogP contribution is -2.07. The Hall–Kier alpha value is -1.01. The highest BCUT2D eigenvalue weighted by Crippen LogP contribution is 2.16. The van der Waals surface area contributed by atoms with Gasteiger partial charge in [-0.3, -0.25) is 0 Å². The number of anilines is 1. The standard InChI is InChI=1S/C11H16N4S2/c1-7(2)5-12-11-14-9(15-17-11)4-10-13-8(3)6-16-10/h6-7H,4-5H2,1-3H3,(H,12,14,15). The minimum atomic E-state index is 0.615. The van der Waals surface area contributed by atoms with Crippen LogP contribution in [0.5, 0.6) is 0 Å². The minimum absolute atomic E-state index is 0.615. The van der Waals surface area contributed by atoms with Gasteiger partial charge in [-0.1, -0.05) is 13.8 Å². The van der Waals surface area contributed by atoms with Crippen LogP contribution in [0.4, 0.5) is 5.13 Å². The van der Waals surface area contributed by atoms with Gasteiger partial charge in [-0.25, -0.2) is 9.97 Å². The topological polar surface area (TPSA) is 50.7 Å². The fourth-order valence-corrected chi connectivity index (χ4v) is 2.67. The average molecular weight is 268 g/mol. The molecule has 0 unspecified atom stereocenters. The maximum Gasteiger partial charge on any atom is 0.202 e. The van der Waals surface area contributed by atoms with Gasteiger partial charge in [0.15, 0.2) is 5.82 Å². The first kappa shape index (κ1) is 12.4. The highest BCUT2D eigenvalue weighted by Gasteiger charge is 2.07. The largest absolute Gasteiger partial charge is 0.360 e. The molecule has 2 aromatic heterocycles. The molecular weight excluding hydrogens is 252 g/mol. The molecule has 6 heteroatoms. The van der Waals surface area contributed by atoms with E-state index in [4.69, 9.17) is 0 Å². The minimum Gasteiger partial charge on any atom is -0.360 e. The second-order valence-electron chi connectivity index (χ2n) is 4.35. The molecule has 0 bridgehead atoms. The molecule has 0 aromatic carbocycles. The highest BCUT2D eigenvalue weighted by molar-refractivity contribution is 7.10. The normalized spacial score (nSPS) is 11.1. The van der Waals surface area contributed by atoms with E-state index in [1.54, 1.807) is 11.3 Å². The van der Waals surface area contributed by atoms with Gasteiger partial charge in [0.25, 0.3) is 0 Å². The lowest BCUT2D eigenvalue weighted by atomic mass is 10.2. The van der Waals surface area contributed by atoms with E-state index in [1.165, 1.54) is 11.5 Å². The summed E-state index contributed by atoms with van der Waals surface area (Å²) in [6, 6.07) is 0. The first-order valence-corrected chi connectivity index (χ1v) is 7.26. The maximum absolute atomic E-state index is 4.45. The zero-order valence-electron chi connectivity index (χ0n) is 10.2. The van der Waals surface area contributed by atoms with Crippen LogP contribution in [0.3, 0.4) is 0 Å². The molecule has 92 valence electrons. The summed E-state index contributed by atoms with van der Waals surface area (Å²) in [4.78, 5) is 8.86. The maximum atomic E-state index is 4.45. The Balaban J connectivity index is 1.94. The van der Waals surface area contributed by atoms with E-state index in [0.717, 1.165) is 34.6 Å². The van der Waals surface area contributed by atoms with Crippen LogP contribution in [-0.4, -0.2) is 20.9 Å². The van der Waals surface area contributed by atoms with Crippen molar-refractivity contribution in [3.63, 3.8) is 0 Å². The van der Waals surface area contributed by atoms with E-state index >= 15 is 0 Å². The van der Waals surface area contributed by atoms with Crippen molar-refractivity contribution in [2.45, 2.75) is 27.2 Å². The van der Waals surface area contributed by atoms with Crippen LogP contribution in [0.2, 0.25) is 0 Å². The van der Waals surface area contributed by atoms with Crippen LogP contribution in [0.15, 0.2) is 5.38 Å². The summed E-state index contributed by atoms with van der Waals surface area (Å²) in [6.07, 6.45) is 0.734. The number of thiazole rings is 1. The van der Waals surface area contributed by atoms with Crippen LogP contribution < -0.4 is 5.32 Å². The van der Waals surface area contributed by atoms with E-state index in [1.807, 2.05) is 6.92 Å². The fraction of sp³-hybridized carbons (Fsp3) is 0.545. The molecule has 0 saturated carbocycles. The van der Waals surface area contributed by atoms with Gasteiger partial charge < -0.3 is 5.32 Å². The summed E-state index contributed by atoms with van der Waals surface area (Å²) in [6.45, 7) is 7.29. The van der Waals surface area contributed by atoms with Crippen molar-refractivity contribution in [1.82, 2.24) is 14.3 Å². The third-order valence-electron chi connectivity index (χ3n) is 2.11. The second-order valence-corrected chi connectivity index (χ2v) is 6.04. The fourth-order valence-electron chi connectivity index (χ4n) is 1.31. The Morgan fingerprint density at radius 3 is 2.82 bits per heavy atom. The summed E-state index contributed by atoms with van der Waals surface area (Å²) >= 11 is 3.09. The predicted octanol–water partition coefficient (Wildman–Crippen LogP) is 2.96. The van der Waals surface area contributed by atoms with Gasteiger partial charge in [-0.05, 0) is 12.8 Å². The van der Waals surface area contributed by atoms with Gasteiger partial charge in [0.05, 0.1) is 6.42 Å². The van der Waals surface area contributed by atoms with E-state index < -0.39 is 0 Å². The summed E-state index contributed by atoms with van der Waals surface area (Å²) in [5.74, 6) is 1.47. The van der Waals surface area contributed by atoms with Crippen molar-refractivity contribution >= 4 is 28.0 Å². The Kier molecular flexibility index (Phi) is 4.06. The average Bonchev–Trinajstić information content (AvgIpc) is 2.86. The third-order valence-corrected chi connectivity index (χ3v) is 3.78. The molecule has 0 aliphatic carbocycles. The Morgan fingerprint density at radius 2 is 2.18 bits per heavy atom. The van der Waals surface area contributed by atoms with E-state index in [9.17, 15) is 0 Å². The number of aromatic nitrogens is 3. The van der Waals surface area contributed by atoms with Gasteiger partial charge >= 0.3 is 0 Å². The van der Waals surface area contributed by atoms with Crippen molar-refractivity contribution in [3.8, 4) is 0 Å². The molecular formula is C11H16N4S2. The van der Waals surface area contributed by atoms with Crippen LogP contribution in [0.25, 0.3) is 0 Å². The van der Waals surface area contributed by atoms with Crippen LogP contribution in [0, 0.1) is 12.8 Å². The summed E-state index contributed by atoms with van der Waals surface area (Å²) < 4.78 is 4.33. The Labute approximate surface area is 109 Å². The highest BCUT2D eigenvalue weighted by atomic mass is 32.1. The molecule has 0 saturated heterocycles. The summed E-state index contributed by atoms with van der Waals surface area (Å²) in [7, 11) is 0. The molecule has 4 nitrogen and oxygen atoms in total. The van der Waals surface area contributed by atoms with Crippen molar-refractivity contribution in [2.75, 3.05) is 11.9 Å². The summed E-state index contributed by atoms with van der Waals surface area (Å²) in [5, 5.41) is 7.32. The number of hydrogen-bond donors (Lipinski definition) is 1. The SMILES string of the molecule is Cc1csc(Cc2nsc(NCC(C)C)n2)n1. The molecule has 2 heterocycles. The molecule has 0 atom stereocenters. The molecule has 1 N–H and O–H groups in total. The molecule has 0 amide bonds. The van der Waals surface area contributed by atoms with Crippen LogP contribution in [-0.2, 0) is 6.42 Å². The van der Waals surface area contributed by atoms with Crippen molar-refractivity contribution in [1.29, 1.82) is 0 Å². The van der Waals surface area contributed by atoms with E-state index in [-0.39, 0.29) is 0 Å². The second kappa shape index (κ2) is 5.55. The number of rotatable bonds is 5. The lowest BCUT2D eigenvalue weighted by Gasteiger charge is -2.03. The van der Waals surface area contributed by atoms with E-state index in [0.29, 0.717) is 5.92 Å². The predicted molar refractivity (Wildman–Crippen MR) is 72.9 cm³/mol. The van der Waals surface area contributed by atoms with Gasteiger partial charge in [-0.15, -0.1) is 11.3 Å². The zero-order valence-corrected chi connectivity index (χ0v) is 11.9. The first-order valence-electron chi connectivity index (χ1n) is 5.61. The lowest BCUT2D eigenvalue weighted by molar-refractivity contribution is 0.688. The third kappa shape index (κ3) is 3.74. The molecule has 0 radical (unpaired) electrons. The quantitative estimate of drug-likeness (QED) is 0.905. The van der Waals surface area contributed by atoms with Gasteiger partial charge in [0.2, 0.25) is 5.13 Å². The Morgan fingerprint density at radius 1 is 1.35 bits per heavy atom. The first-order chi connectivity index (χ1) is 8.13. The molecule has 0 aliphatic rings. The van der Waals surface area contributed by atoms with Gasteiger partial charge in [-0.2, -0.15) is 4.37 Å². The van der Waals surface area contributed by atoms with Gasteiger partial charge in [0.1, 0.15) is 5.01 Å². The zero-order chi connectivity index (χ0) is 12.3. The van der Waals surface area contributed by atoms with E-state index in [2.05, 4.69) is 38.9 Å². The van der Waals surface area contributed by atoms with Crippen LogP contribution >= 0.6 is 22.9 Å². The van der Waals surface area contributed by atoms with Crippen molar-refractivity contribution < 1.29 is 0 Å². The number of hydrogen-bond acceptors (Lipinski definition) is 6. The number of nitrogens with zero attached hydrogens (tertiary/aromatic N) is 3. The van der Waals surface area contributed by atoms with Crippen molar-refractivity contribution in [2.24, 2.45) is 5.92 Å². The smallest absolute Gasteiger partial charge is 0.202 e. The molecule has 2 aromatic rings. The summed E-state index contributed by atoms with van der Waals surface area (Å²) in [5.41, 5.74) is 1.07. The number of aryl methyl sites for hydroxylation is 1. The molecule has 0 spiro atoms. The molecule has 17 heavy (non-hydrogen) atoms.